The van der Waals surface area contributed by atoms with Crippen LogP contribution in [0.3, 0.4) is 0 Å². The number of fused-ring (bicyclic) bond motifs is 1. The summed E-state index contributed by atoms with van der Waals surface area (Å²) in [7, 11) is 0. The van der Waals surface area contributed by atoms with E-state index in [1.54, 1.807) is 18.4 Å². The molecule has 0 saturated carbocycles. The Bertz CT molecular complexity index is 544. The molecular weight excluding hydrogens is 246 g/mol. The van der Waals surface area contributed by atoms with E-state index in [4.69, 9.17) is 4.42 Å². The van der Waals surface area contributed by atoms with E-state index in [1.165, 1.54) is 10.4 Å². The van der Waals surface area contributed by atoms with Gasteiger partial charge >= 0.3 is 0 Å². The lowest BCUT2D eigenvalue weighted by atomic mass is 10.0. The highest BCUT2D eigenvalue weighted by Crippen LogP contribution is 2.32. The summed E-state index contributed by atoms with van der Waals surface area (Å²) in [6.07, 6.45) is 2.59. The van der Waals surface area contributed by atoms with Crippen molar-refractivity contribution in [3.63, 3.8) is 0 Å². The Kier molecular flexibility index (Phi) is 3.06. The summed E-state index contributed by atoms with van der Waals surface area (Å²) in [5.74, 6) is 0.517. The van der Waals surface area contributed by atoms with Gasteiger partial charge in [0.1, 0.15) is 0 Å². The zero-order valence-electron chi connectivity index (χ0n) is 10.3. The minimum absolute atomic E-state index is 0.0607. The number of Topliss-reactive ketones (excluding diaryl/α,β-unsaturated/α-hetero) is 1. The van der Waals surface area contributed by atoms with E-state index in [-0.39, 0.29) is 5.78 Å². The van der Waals surface area contributed by atoms with E-state index in [9.17, 15) is 4.79 Å². The SMILES string of the molecule is CC1c2ccsc2CCN1CC(=O)c1ccco1. The largest absolute Gasteiger partial charge is 0.461 e. The van der Waals surface area contributed by atoms with Crippen LogP contribution in [0, 0.1) is 0 Å². The van der Waals surface area contributed by atoms with Gasteiger partial charge < -0.3 is 4.42 Å². The molecule has 1 aliphatic heterocycles. The van der Waals surface area contributed by atoms with Crippen LogP contribution in [0.2, 0.25) is 0 Å². The fourth-order valence-corrected chi connectivity index (χ4v) is 3.44. The molecule has 3 heterocycles. The molecule has 1 atom stereocenters. The number of hydrogen-bond acceptors (Lipinski definition) is 4. The number of furan rings is 1. The number of ketones is 1. The van der Waals surface area contributed by atoms with Gasteiger partial charge in [0.2, 0.25) is 5.78 Å². The number of carbonyl (C=O) groups is 1. The van der Waals surface area contributed by atoms with Gasteiger partial charge in [-0.1, -0.05) is 0 Å². The van der Waals surface area contributed by atoms with Crippen LogP contribution in [0.25, 0.3) is 0 Å². The average molecular weight is 261 g/mol. The van der Waals surface area contributed by atoms with Crippen molar-refractivity contribution in [3.05, 3.63) is 46.0 Å². The molecule has 3 rings (SSSR count). The maximum atomic E-state index is 12.0. The molecule has 0 radical (unpaired) electrons. The zero-order valence-corrected chi connectivity index (χ0v) is 11.1. The van der Waals surface area contributed by atoms with Gasteiger partial charge in [-0.15, -0.1) is 11.3 Å². The van der Waals surface area contributed by atoms with E-state index in [0.29, 0.717) is 18.3 Å². The Hall–Kier alpha value is -1.39. The lowest BCUT2D eigenvalue weighted by Crippen LogP contribution is -2.37. The Balaban J connectivity index is 1.74. The predicted octanol–water partition coefficient (Wildman–Crippen LogP) is 3.14. The second-order valence-electron chi connectivity index (χ2n) is 4.60. The van der Waals surface area contributed by atoms with Crippen LogP contribution >= 0.6 is 11.3 Å². The number of rotatable bonds is 3. The molecule has 0 amide bonds. The number of carbonyl (C=O) groups excluding carboxylic acids is 1. The molecule has 2 aromatic heterocycles. The van der Waals surface area contributed by atoms with Gasteiger partial charge in [-0.2, -0.15) is 0 Å². The van der Waals surface area contributed by atoms with Gasteiger partial charge in [0.15, 0.2) is 5.76 Å². The monoisotopic (exact) mass is 261 g/mol. The highest BCUT2D eigenvalue weighted by atomic mass is 32.1. The zero-order chi connectivity index (χ0) is 12.5. The molecule has 0 N–H and O–H groups in total. The molecule has 0 saturated heterocycles. The third-order valence-electron chi connectivity index (χ3n) is 3.55. The van der Waals surface area contributed by atoms with Gasteiger partial charge in [0, 0.05) is 17.5 Å². The van der Waals surface area contributed by atoms with Crippen LogP contribution in [0.15, 0.2) is 34.3 Å². The molecule has 4 heteroatoms. The third-order valence-corrected chi connectivity index (χ3v) is 4.54. The molecule has 0 spiro atoms. The van der Waals surface area contributed by atoms with E-state index in [0.717, 1.165) is 13.0 Å². The minimum Gasteiger partial charge on any atom is -0.461 e. The predicted molar refractivity (Wildman–Crippen MR) is 71.0 cm³/mol. The van der Waals surface area contributed by atoms with Crippen molar-refractivity contribution in [1.82, 2.24) is 4.90 Å². The van der Waals surface area contributed by atoms with Crippen LogP contribution in [-0.4, -0.2) is 23.8 Å². The molecule has 3 nitrogen and oxygen atoms in total. The topological polar surface area (TPSA) is 33.5 Å². The molecular formula is C14H15NO2S. The molecule has 18 heavy (non-hydrogen) atoms. The summed E-state index contributed by atoms with van der Waals surface area (Å²) in [4.78, 5) is 15.7. The Morgan fingerprint density at radius 2 is 2.44 bits per heavy atom. The van der Waals surface area contributed by atoms with E-state index in [1.807, 2.05) is 11.3 Å². The number of hydrogen-bond donors (Lipinski definition) is 0. The van der Waals surface area contributed by atoms with Crippen molar-refractivity contribution in [2.75, 3.05) is 13.1 Å². The summed E-state index contributed by atoms with van der Waals surface area (Å²) in [6, 6.07) is 5.98. The molecule has 0 fully saturated rings. The molecule has 94 valence electrons. The summed E-state index contributed by atoms with van der Waals surface area (Å²) in [5, 5.41) is 2.14. The van der Waals surface area contributed by atoms with Crippen LogP contribution < -0.4 is 0 Å². The van der Waals surface area contributed by atoms with E-state index >= 15 is 0 Å². The molecule has 0 aliphatic carbocycles. The first-order valence-electron chi connectivity index (χ1n) is 6.12. The summed E-state index contributed by atoms with van der Waals surface area (Å²) >= 11 is 1.82. The lowest BCUT2D eigenvalue weighted by molar-refractivity contribution is 0.0864. The van der Waals surface area contributed by atoms with Crippen LogP contribution in [0.1, 0.15) is 34.0 Å². The Labute approximate surface area is 110 Å². The summed E-state index contributed by atoms with van der Waals surface area (Å²) in [6.45, 7) is 3.55. The highest BCUT2D eigenvalue weighted by Gasteiger charge is 2.26. The van der Waals surface area contributed by atoms with Crippen molar-refractivity contribution in [2.45, 2.75) is 19.4 Å². The first-order valence-corrected chi connectivity index (χ1v) is 7.00. The molecule has 1 unspecified atom stereocenters. The fourth-order valence-electron chi connectivity index (χ4n) is 2.48. The smallest absolute Gasteiger partial charge is 0.211 e. The van der Waals surface area contributed by atoms with E-state index in [2.05, 4.69) is 23.3 Å². The summed E-state index contributed by atoms with van der Waals surface area (Å²) in [5.41, 5.74) is 1.37. The van der Waals surface area contributed by atoms with Gasteiger partial charge in [0.25, 0.3) is 0 Å². The third kappa shape index (κ3) is 2.02. The van der Waals surface area contributed by atoms with Gasteiger partial charge in [-0.25, -0.2) is 0 Å². The normalized spacial score (nSPS) is 19.7. The van der Waals surface area contributed by atoms with Crippen LogP contribution in [-0.2, 0) is 6.42 Å². The quantitative estimate of drug-likeness (QED) is 0.796. The van der Waals surface area contributed by atoms with Crippen LogP contribution in [0.5, 0.6) is 0 Å². The Morgan fingerprint density at radius 3 is 3.22 bits per heavy atom. The van der Waals surface area contributed by atoms with Crippen molar-refractivity contribution in [3.8, 4) is 0 Å². The number of thiophene rings is 1. The molecule has 0 aromatic carbocycles. The van der Waals surface area contributed by atoms with Gasteiger partial charge in [-0.05, 0) is 42.5 Å². The second-order valence-corrected chi connectivity index (χ2v) is 5.60. The lowest BCUT2D eigenvalue weighted by Gasteiger charge is -2.32. The number of nitrogens with zero attached hydrogens (tertiary/aromatic N) is 1. The van der Waals surface area contributed by atoms with E-state index < -0.39 is 0 Å². The maximum absolute atomic E-state index is 12.0. The Morgan fingerprint density at radius 1 is 1.56 bits per heavy atom. The second kappa shape index (κ2) is 4.71. The van der Waals surface area contributed by atoms with Crippen molar-refractivity contribution in [2.24, 2.45) is 0 Å². The highest BCUT2D eigenvalue weighted by molar-refractivity contribution is 7.10. The maximum Gasteiger partial charge on any atom is 0.211 e. The van der Waals surface area contributed by atoms with Crippen LogP contribution in [0.4, 0.5) is 0 Å². The fraction of sp³-hybridized carbons (Fsp3) is 0.357. The van der Waals surface area contributed by atoms with Crippen molar-refractivity contribution >= 4 is 17.1 Å². The summed E-state index contributed by atoms with van der Waals surface area (Å²) < 4.78 is 5.15. The standard InChI is InChI=1S/C14H15NO2S/c1-10-11-5-8-18-14(11)4-6-15(10)9-12(16)13-3-2-7-17-13/h2-3,5,7-8,10H,4,6,9H2,1H3. The first kappa shape index (κ1) is 11.7. The molecule has 1 aliphatic rings. The molecule has 2 aromatic rings. The van der Waals surface area contributed by atoms with Gasteiger partial charge in [-0.3, -0.25) is 9.69 Å². The van der Waals surface area contributed by atoms with Gasteiger partial charge in [0.05, 0.1) is 12.8 Å². The minimum atomic E-state index is 0.0607. The molecule has 0 bridgehead atoms. The average Bonchev–Trinajstić information content (AvgIpc) is 3.02. The first-order chi connectivity index (χ1) is 8.75. The van der Waals surface area contributed by atoms with Crippen molar-refractivity contribution < 1.29 is 9.21 Å². The van der Waals surface area contributed by atoms with Crippen molar-refractivity contribution in [1.29, 1.82) is 0 Å².